The highest BCUT2D eigenvalue weighted by Gasteiger charge is 2.00. The van der Waals surface area contributed by atoms with E-state index < -0.39 is 0 Å². The van der Waals surface area contributed by atoms with Gasteiger partial charge in [-0.25, -0.2) is 9.97 Å². The summed E-state index contributed by atoms with van der Waals surface area (Å²) in [6.07, 6.45) is 3.46. The second-order valence-electron chi connectivity index (χ2n) is 2.35. The minimum Gasteiger partial charge on any atom is -0.337 e. The van der Waals surface area contributed by atoms with E-state index in [4.69, 9.17) is 0 Å². The molecule has 1 N–H and O–H groups in total. The van der Waals surface area contributed by atoms with Gasteiger partial charge in [0.25, 0.3) is 0 Å². The van der Waals surface area contributed by atoms with Crippen LogP contribution in [0.2, 0.25) is 0 Å². The molecule has 2 aromatic rings. The molecule has 60 valence electrons. The highest BCUT2D eigenvalue weighted by atomic mass is 127. The fourth-order valence-electron chi connectivity index (χ4n) is 0.990. The van der Waals surface area contributed by atoms with Crippen molar-refractivity contribution in [2.75, 3.05) is 0 Å². The molecular weight excluding hydrogens is 265 g/mol. The zero-order valence-electron chi connectivity index (χ0n) is 6.21. The molecule has 4 heteroatoms. The van der Waals surface area contributed by atoms with E-state index in [-0.39, 0.29) is 0 Å². The second kappa shape index (κ2) is 2.85. The molecule has 0 atom stereocenters. The Bertz CT molecular complexity index is 433. The van der Waals surface area contributed by atoms with Crippen LogP contribution in [0.3, 0.4) is 0 Å². The van der Waals surface area contributed by atoms with E-state index in [0.717, 1.165) is 20.6 Å². The first-order valence-corrected chi connectivity index (χ1v) is 4.51. The lowest BCUT2D eigenvalue weighted by molar-refractivity contribution is 1.27. The molecule has 0 saturated carbocycles. The Balaban J connectivity index is 2.75. The predicted molar refractivity (Wildman–Crippen MR) is 56.7 cm³/mol. The van der Waals surface area contributed by atoms with Gasteiger partial charge in [0, 0.05) is 9.77 Å². The average Bonchev–Trinajstić information content (AvgIpc) is 2.46. The quantitative estimate of drug-likeness (QED) is 0.808. The van der Waals surface area contributed by atoms with Gasteiger partial charge in [-0.3, -0.25) is 0 Å². The smallest absolute Gasteiger partial charge is 0.178 e. The van der Waals surface area contributed by atoms with Crippen LogP contribution in [-0.2, 0) is 0 Å². The van der Waals surface area contributed by atoms with Gasteiger partial charge in [-0.2, -0.15) is 0 Å². The lowest BCUT2D eigenvalue weighted by atomic mass is 10.4. The Morgan fingerprint density at radius 3 is 3.17 bits per heavy atom. The maximum atomic E-state index is 4.18. The molecule has 0 bridgehead atoms. The van der Waals surface area contributed by atoms with Gasteiger partial charge in [0.1, 0.15) is 5.82 Å². The van der Waals surface area contributed by atoms with Crippen LogP contribution in [0, 0.1) is 3.57 Å². The van der Waals surface area contributed by atoms with Crippen LogP contribution in [0.4, 0.5) is 0 Å². The number of imidazole rings is 1. The summed E-state index contributed by atoms with van der Waals surface area (Å²) in [6.45, 7) is 3.63. The number of hydrogen-bond acceptors (Lipinski definition) is 2. The molecule has 0 aromatic carbocycles. The van der Waals surface area contributed by atoms with Crippen molar-refractivity contribution in [3.63, 3.8) is 0 Å². The molecule has 2 heterocycles. The van der Waals surface area contributed by atoms with Crippen LogP contribution in [0.25, 0.3) is 17.2 Å². The molecule has 0 fully saturated rings. The number of pyridine rings is 1. The zero-order valence-corrected chi connectivity index (χ0v) is 8.37. The third kappa shape index (κ3) is 1.22. The van der Waals surface area contributed by atoms with Crippen molar-refractivity contribution in [1.29, 1.82) is 0 Å². The molecular formula is C8H6IN3. The third-order valence-corrected chi connectivity index (χ3v) is 2.11. The minimum atomic E-state index is 0.741. The second-order valence-corrected chi connectivity index (χ2v) is 3.60. The first-order chi connectivity index (χ1) is 5.79. The largest absolute Gasteiger partial charge is 0.337 e. The standard InChI is InChI=1S/C8H6IN3/c1-2-7-11-6-3-5(9)4-10-8(6)12-7/h2-4H,1H2,(H,10,11,12). The Hall–Kier alpha value is -0.910. The fourth-order valence-corrected chi connectivity index (χ4v) is 1.44. The van der Waals surface area contributed by atoms with Crippen molar-refractivity contribution < 1.29 is 0 Å². The Morgan fingerprint density at radius 1 is 1.58 bits per heavy atom. The number of nitrogens with one attached hydrogen (secondary N) is 1. The van der Waals surface area contributed by atoms with Gasteiger partial charge < -0.3 is 4.98 Å². The normalized spacial score (nSPS) is 10.4. The van der Waals surface area contributed by atoms with Crippen molar-refractivity contribution in [3.05, 3.63) is 28.2 Å². The van der Waals surface area contributed by atoms with E-state index in [1.165, 1.54) is 0 Å². The Morgan fingerprint density at radius 2 is 2.42 bits per heavy atom. The minimum absolute atomic E-state index is 0.741. The van der Waals surface area contributed by atoms with Crippen LogP contribution in [0.15, 0.2) is 18.8 Å². The summed E-state index contributed by atoms with van der Waals surface area (Å²) >= 11 is 2.21. The third-order valence-electron chi connectivity index (χ3n) is 1.52. The van der Waals surface area contributed by atoms with Gasteiger partial charge in [-0.05, 0) is 34.7 Å². The van der Waals surface area contributed by atoms with Crippen molar-refractivity contribution >= 4 is 39.8 Å². The number of halogens is 1. The molecule has 0 spiro atoms. The number of H-pyrrole nitrogens is 1. The van der Waals surface area contributed by atoms with Crippen molar-refractivity contribution in [2.45, 2.75) is 0 Å². The van der Waals surface area contributed by atoms with Gasteiger partial charge in [-0.1, -0.05) is 6.58 Å². The molecule has 0 radical (unpaired) electrons. The van der Waals surface area contributed by atoms with Gasteiger partial charge in [0.15, 0.2) is 5.65 Å². The topological polar surface area (TPSA) is 41.6 Å². The maximum absolute atomic E-state index is 4.18. The number of nitrogens with zero attached hydrogens (tertiary/aromatic N) is 2. The predicted octanol–water partition coefficient (Wildman–Crippen LogP) is 2.21. The fraction of sp³-hybridized carbons (Fsp3) is 0. The van der Waals surface area contributed by atoms with E-state index in [9.17, 15) is 0 Å². The van der Waals surface area contributed by atoms with Crippen molar-refractivity contribution in [3.8, 4) is 0 Å². The highest BCUT2D eigenvalue weighted by molar-refractivity contribution is 14.1. The number of aromatic amines is 1. The van der Waals surface area contributed by atoms with E-state index in [0.29, 0.717) is 0 Å². The zero-order chi connectivity index (χ0) is 8.55. The van der Waals surface area contributed by atoms with E-state index in [1.54, 1.807) is 12.3 Å². The lowest BCUT2D eigenvalue weighted by Crippen LogP contribution is -1.77. The summed E-state index contributed by atoms with van der Waals surface area (Å²) < 4.78 is 1.10. The Kier molecular flexibility index (Phi) is 1.84. The van der Waals surface area contributed by atoms with Crippen LogP contribution < -0.4 is 0 Å². The number of hydrogen-bond donors (Lipinski definition) is 1. The number of fused-ring (bicyclic) bond motifs is 1. The molecule has 0 aliphatic rings. The molecule has 0 aliphatic carbocycles. The molecule has 2 rings (SSSR count). The average molecular weight is 271 g/mol. The monoisotopic (exact) mass is 271 g/mol. The molecule has 0 saturated heterocycles. The van der Waals surface area contributed by atoms with Gasteiger partial charge in [0.05, 0.1) is 5.52 Å². The van der Waals surface area contributed by atoms with Crippen LogP contribution >= 0.6 is 22.6 Å². The first kappa shape index (κ1) is 7.72. The molecule has 2 aromatic heterocycles. The summed E-state index contributed by atoms with van der Waals surface area (Å²) in [5.41, 5.74) is 1.70. The maximum Gasteiger partial charge on any atom is 0.178 e. The lowest BCUT2D eigenvalue weighted by Gasteiger charge is -1.86. The number of aromatic nitrogens is 3. The first-order valence-electron chi connectivity index (χ1n) is 3.43. The molecule has 3 nitrogen and oxygen atoms in total. The summed E-state index contributed by atoms with van der Waals surface area (Å²) in [7, 11) is 0. The van der Waals surface area contributed by atoms with Crippen LogP contribution in [0.1, 0.15) is 5.82 Å². The summed E-state index contributed by atoms with van der Waals surface area (Å²) in [6, 6.07) is 2.00. The molecule has 0 unspecified atom stereocenters. The van der Waals surface area contributed by atoms with Crippen molar-refractivity contribution in [1.82, 2.24) is 15.0 Å². The molecule has 0 amide bonds. The van der Waals surface area contributed by atoms with Crippen molar-refractivity contribution in [2.24, 2.45) is 0 Å². The summed E-state index contributed by atoms with van der Waals surface area (Å²) in [5, 5.41) is 0. The van der Waals surface area contributed by atoms with Crippen LogP contribution in [0.5, 0.6) is 0 Å². The van der Waals surface area contributed by atoms with E-state index in [2.05, 4.69) is 44.1 Å². The molecule has 0 aliphatic heterocycles. The van der Waals surface area contributed by atoms with Gasteiger partial charge >= 0.3 is 0 Å². The summed E-state index contributed by atoms with van der Waals surface area (Å²) in [4.78, 5) is 11.4. The van der Waals surface area contributed by atoms with E-state index >= 15 is 0 Å². The summed E-state index contributed by atoms with van der Waals surface area (Å²) in [5.74, 6) is 0.763. The van der Waals surface area contributed by atoms with Gasteiger partial charge in [-0.15, -0.1) is 0 Å². The van der Waals surface area contributed by atoms with E-state index in [1.807, 2.05) is 6.07 Å². The highest BCUT2D eigenvalue weighted by Crippen LogP contribution is 2.12. The number of rotatable bonds is 1. The van der Waals surface area contributed by atoms with Crippen LogP contribution in [-0.4, -0.2) is 15.0 Å². The SMILES string of the molecule is C=Cc1nc2ncc(I)cc2[nH]1. The van der Waals surface area contributed by atoms with Gasteiger partial charge in [0.2, 0.25) is 0 Å². The molecule has 12 heavy (non-hydrogen) atoms. The Labute approximate surface area is 83.1 Å².